The SMILES string of the molecule is COc1ccc(C(=O)Oc2ccc(C=NNc3nc(C)cs3)cc2)cc1. The van der Waals surface area contributed by atoms with Crippen LogP contribution in [0, 0.1) is 6.92 Å². The summed E-state index contributed by atoms with van der Waals surface area (Å²) in [7, 11) is 1.58. The summed E-state index contributed by atoms with van der Waals surface area (Å²) in [6.07, 6.45) is 1.67. The number of rotatable bonds is 6. The van der Waals surface area contributed by atoms with Gasteiger partial charge in [0.25, 0.3) is 0 Å². The van der Waals surface area contributed by atoms with E-state index < -0.39 is 5.97 Å². The molecule has 0 unspecified atom stereocenters. The molecule has 0 amide bonds. The van der Waals surface area contributed by atoms with Gasteiger partial charge in [0.1, 0.15) is 11.5 Å². The van der Waals surface area contributed by atoms with Crippen molar-refractivity contribution in [2.75, 3.05) is 12.5 Å². The Hall–Kier alpha value is -3.19. The Bertz CT molecular complexity index is 903. The number of ether oxygens (including phenoxy) is 2. The predicted molar refractivity (Wildman–Crippen MR) is 102 cm³/mol. The first-order valence-corrected chi connectivity index (χ1v) is 8.69. The van der Waals surface area contributed by atoms with Gasteiger partial charge in [0.2, 0.25) is 5.13 Å². The van der Waals surface area contributed by atoms with Crippen LogP contribution in [0.25, 0.3) is 0 Å². The molecule has 0 aliphatic rings. The second-order valence-electron chi connectivity index (χ2n) is 5.35. The van der Waals surface area contributed by atoms with E-state index >= 15 is 0 Å². The molecule has 1 N–H and O–H groups in total. The van der Waals surface area contributed by atoms with E-state index in [4.69, 9.17) is 9.47 Å². The number of aryl methyl sites for hydroxylation is 1. The zero-order valence-corrected chi connectivity index (χ0v) is 15.1. The number of carbonyl (C=O) groups is 1. The molecule has 1 aromatic heterocycles. The van der Waals surface area contributed by atoms with E-state index in [0.717, 1.165) is 16.4 Å². The fourth-order valence-electron chi connectivity index (χ4n) is 2.08. The first-order valence-electron chi connectivity index (χ1n) is 7.81. The lowest BCUT2D eigenvalue weighted by molar-refractivity contribution is 0.0734. The Morgan fingerprint density at radius 2 is 1.81 bits per heavy atom. The first kappa shape index (κ1) is 17.6. The highest BCUT2D eigenvalue weighted by Gasteiger charge is 2.08. The average molecular weight is 367 g/mol. The molecule has 0 bridgehead atoms. The molecule has 0 spiro atoms. The minimum atomic E-state index is -0.421. The molecule has 0 aliphatic heterocycles. The van der Waals surface area contributed by atoms with Gasteiger partial charge in [-0.1, -0.05) is 0 Å². The molecule has 132 valence electrons. The normalized spacial score (nSPS) is 10.7. The maximum Gasteiger partial charge on any atom is 0.343 e. The fourth-order valence-corrected chi connectivity index (χ4v) is 2.72. The number of carbonyl (C=O) groups excluding carboxylic acids is 1. The van der Waals surface area contributed by atoms with Crippen LogP contribution in [-0.2, 0) is 0 Å². The van der Waals surface area contributed by atoms with Crippen molar-refractivity contribution in [1.82, 2.24) is 4.98 Å². The fraction of sp³-hybridized carbons (Fsp3) is 0.105. The van der Waals surface area contributed by atoms with Gasteiger partial charge in [-0.15, -0.1) is 11.3 Å². The summed E-state index contributed by atoms with van der Waals surface area (Å²) in [5, 5.41) is 6.82. The third-order valence-electron chi connectivity index (χ3n) is 3.41. The van der Waals surface area contributed by atoms with Crippen molar-refractivity contribution in [1.29, 1.82) is 0 Å². The van der Waals surface area contributed by atoms with E-state index in [2.05, 4.69) is 15.5 Å². The van der Waals surface area contributed by atoms with Crippen LogP contribution in [-0.4, -0.2) is 24.3 Å². The molecular weight excluding hydrogens is 350 g/mol. The maximum absolute atomic E-state index is 12.1. The minimum Gasteiger partial charge on any atom is -0.497 e. The molecule has 3 rings (SSSR count). The smallest absolute Gasteiger partial charge is 0.343 e. The number of hydrogen-bond acceptors (Lipinski definition) is 7. The number of nitrogens with zero attached hydrogens (tertiary/aromatic N) is 2. The molecule has 26 heavy (non-hydrogen) atoms. The zero-order chi connectivity index (χ0) is 18.4. The number of benzene rings is 2. The number of aromatic nitrogens is 1. The van der Waals surface area contributed by atoms with Crippen LogP contribution < -0.4 is 14.9 Å². The Balaban J connectivity index is 1.57. The minimum absolute atomic E-state index is 0.421. The number of hydrazone groups is 1. The third kappa shape index (κ3) is 4.67. The highest BCUT2D eigenvalue weighted by atomic mass is 32.1. The Morgan fingerprint density at radius 3 is 2.42 bits per heavy atom. The summed E-state index contributed by atoms with van der Waals surface area (Å²) in [6, 6.07) is 13.8. The lowest BCUT2D eigenvalue weighted by Gasteiger charge is -2.05. The van der Waals surface area contributed by atoms with Crippen LogP contribution in [0.1, 0.15) is 21.6 Å². The maximum atomic E-state index is 12.1. The van der Waals surface area contributed by atoms with Gasteiger partial charge in [-0.25, -0.2) is 9.78 Å². The quantitative estimate of drug-likeness (QED) is 0.307. The Kier molecular flexibility index (Phi) is 5.60. The van der Waals surface area contributed by atoms with Crippen LogP contribution in [0.3, 0.4) is 0 Å². The van der Waals surface area contributed by atoms with Crippen LogP contribution in [0.5, 0.6) is 11.5 Å². The molecule has 7 heteroatoms. The van der Waals surface area contributed by atoms with Gasteiger partial charge in [-0.3, -0.25) is 5.43 Å². The largest absolute Gasteiger partial charge is 0.497 e. The Morgan fingerprint density at radius 1 is 1.12 bits per heavy atom. The molecule has 0 saturated heterocycles. The van der Waals surface area contributed by atoms with Crippen molar-refractivity contribution in [3.8, 4) is 11.5 Å². The zero-order valence-electron chi connectivity index (χ0n) is 14.3. The first-order chi connectivity index (χ1) is 12.6. The standard InChI is InChI=1S/C19H17N3O3S/c1-13-12-26-19(21-13)22-20-11-14-3-7-17(8-4-14)25-18(23)15-5-9-16(24-2)10-6-15/h3-12H,1-2H3,(H,21,22). The van der Waals surface area contributed by atoms with Crippen LogP contribution >= 0.6 is 11.3 Å². The van der Waals surface area contributed by atoms with Gasteiger partial charge in [0.15, 0.2) is 0 Å². The lowest BCUT2D eigenvalue weighted by Crippen LogP contribution is -2.08. The van der Waals surface area contributed by atoms with Gasteiger partial charge in [-0.2, -0.15) is 5.10 Å². The third-order valence-corrected chi connectivity index (χ3v) is 4.27. The molecule has 0 aliphatic carbocycles. The Labute approximate surface area is 155 Å². The van der Waals surface area contributed by atoms with E-state index in [-0.39, 0.29) is 0 Å². The summed E-state index contributed by atoms with van der Waals surface area (Å²) < 4.78 is 10.4. The predicted octanol–water partition coefficient (Wildman–Crippen LogP) is 4.13. The van der Waals surface area contributed by atoms with Crippen molar-refractivity contribution < 1.29 is 14.3 Å². The van der Waals surface area contributed by atoms with Crippen LogP contribution in [0.15, 0.2) is 59.0 Å². The van der Waals surface area contributed by atoms with Crippen molar-refractivity contribution >= 4 is 28.7 Å². The monoisotopic (exact) mass is 367 g/mol. The van der Waals surface area contributed by atoms with Crippen molar-refractivity contribution in [2.45, 2.75) is 6.92 Å². The van der Waals surface area contributed by atoms with Crippen LogP contribution in [0.4, 0.5) is 5.13 Å². The van der Waals surface area contributed by atoms with E-state index in [1.165, 1.54) is 11.3 Å². The average Bonchev–Trinajstić information content (AvgIpc) is 3.08. The van der Waals surface area contributed by atoms with E-state index in [1.54, 1.807) is 49.7 Å². The van der Waals surface area contributed by atoms with Gasteiger partial charge < -0.3 is 9.47 Å². The summed E-state index contributed by atoms with van der Waals surface area (Å²) in [5.74, 6) is 0.730. The molecule has 0 fully saturated rings. The summed E-state index contributed by atoms with van der Waals surface area (Å²) in [5.41, 5.74) is 5.16. The highest BCUT2D eigenvalue weighted by molar-refractivity contribution is 7.13. The number of esters is 1. The number of nitrogens with one attached hydrogen (secondary N) is 1. The number of hydrogen-bond donors (Lipinski definition) is 1. The number of anilines is 1. The molecule has 0 saturated carbocycles. The summed E-state index contributed by atoms with van der Waals surface area (Å²) in [6.45, 7) is 1.93. The topological polar surface area (TPSA) is 72.8 Å². The molecule has 0 radical (unpaired) electrons. The second kappa shape index (κ2) is 8.26. The highest BCUT2D eigenvalue weighted by Crippen LogP contribution is 2.17. The summed E-state index contributed by atoms with van der Waals surface area (Å²) >= 11 is 1.49. The van der Waals surface area contributed by atoms with Gasteiger partial charge in [0, 0.05) is 5.38 Å². The number of thiazole rings is 1. The summed E-state index contributed by atoms with van der Waals surface area (Å²) in [4.78, 5) is 16.4. The molecule has 6 nitrogen and oxygen atoms in total. The molecule has 2 aromatic carbocycles. The van der Waals surface area contributed by atoms with Gasteiger partial charge >= 0.3 is 5.97 Å². The number of methoxy groups -OCH3 is 1. The molecule has 1 heterocycles. The van der Waals surface area contributed by atoms with Crippen molar-refractivity contribution in [3.63, 3.8) is 0 Å². The van der Waals surface area contributed by atoms with E-state index in [1.807, 2.05) is 24.4 Å². The molecule has 3 aromatic rings. The van der Waals surface area contributed by atoms with Crippen molar-refractivity contribution in [3.05, 3.63) is 70.7 Å². The van der Waals surface area contributed by atoms with Crippen LogP contribution in [0.2, 0.25) is 0 Å². The van der Waals surface area contributed by atoms with Gasteiger partial charge in [-0.05, 0) is 61.0 Å². The van der Waals surface area contributed by atoms with E-state index in [0.29, 0.717) is 17.1 Å². The van der Waals surface area contributed by atoms with E-state index in [9.17, 15) is 4.79 Å². The lowest BCUT2D eigenvalue weighted by atomic mass is 10.2. The van der Waals surface area contributed by atoms with Crippen molar-refractivity contribution in [2.24, 2.45) is 5.10 Å². The second-order valence-corrected chi connectivity index (χ2v) is 6.21. The molecular formula is C19H17N3O3S. The van der Waals surface area contributed by atoms with Gasteiger partial charge in [0.05, 0.1) is 24.6 Å². The molecule has 0 atom stereocenters.